The molecule has 0 unspecified atom stereocenters. The number of morpholine rings is 1. The van der Waals surface area contributed by atoms with Gasteiger partial charge in [-0.2, -0.15) is 0 Å². The first-order chi connectivity index (χ1) is 8.88. The molecule has 4 heteroatoms. The highest BCUT2D eigenvalue weighted by atomic mass is 16.5. The number of pyridine rings is 1. The van der Waals surface area contributed by atoms with Crippen LogP contribution in [0.3, 0.4) is 0 Å². The van der Waals surface area contributed by atoms with E-state index in [0.717, 1.165) is 38.2 Å². The summed E-state index contributed by atoms with van der Waals surface area (Å²) in [6.45, 7) is 2.71. The van der Waals surface area contributed by atoms with Crippen molar-refractivity contribution in [2.24, 2.45) is 0 Å². The average Bonchev–Trinajstić information content (AvgIpc) is 2.84. The molecule has 1 aliphatic heterocycles. The summed E-state index contributed by atoms with van der Waals surface area (Å²) in [7, 11) is 1.79. The van der Waals surface area contributed by atoms with E-state index in [4.69, 9.17) is 9.47 Å². The van der Waals surface area contributed by atoms with Gasteiger partial charge in [0.05, 0.1) is 24.5 Å². The van der Waals surface area contributed by atoms with E-state index in [2.05, 4.69) is 16.0 Å². The Hall–Kier alpha value is -0.970. The largest absolute Gasteiger partial charge is 0.379 e. The van der Waals surface area contributed by atoms with Gasteiger partial charge < -0.3 is 9.47 Å². The van der Waals surface area contributed by atoms with Crippen LogP contribution in [0.1, 0.15) is 18.5 Å². The summed E-state index contributed by atoms with van der Waals surface area (Å²) in [5.41, 5.74) is 1.14. The molecule has 0 bridgehead atoms. The van der Waals surface area contributed by atoms with Gasteiger partial charge in [-0.3, -0.25) is 9.88 Å². The van der Waals surface area contributed by atoms with Gasteiger partial charge in [-0.1, -0.05) is 6.07 Å². The van der Waals surface area contributed by atoms with Crippen molar-refractivity contribution < 1.29 is 9.47 Å². The fourth-order valence-electron chi connectivity index (χ4n) is 3.14. The number of ether oxygens (including phenoxy) is 2. The van der Waals surface area contributed by atoms with Crippen LogP contribution in [0.4, 0.5) is 0 Å². The van der Waals surface area contributed by atoms with E-state index in [9.17, 15) is 0 Å². The van der Waals surface area contributed by atoms with Gasteiger partial charge in [0.2, 0.25) is 0 Å². The van der Waals surface area contributed by atoms with Crippen molar-refractivity contribution >= 4 is 0 Å². The van der Waals surface area contributed by atoms with Crippen LogP contribution in [0.25, 0.3) is 0 Å². The standard InChI is InChI=1S/C14H20N2O2/c1-17-13-6-5-12-14(13)18-9-8-16(12)10-11-4-2-3-7-15-11/h2-4,7,12-14H,5-6,8-10H2,1H3/t12-,13+,14+/m0/s1. The van der Waals surface area contributed by atoms with Crippen LogP contribution in [-0.4, -0.2) is 48.4 Å². The molecule has 2 fully saturated rings. The minimum absolute atomic E-state index is 0.243. The topological polar surface area (TPSA) is 34.6 Å². The smallest absolute Gasteiger partial charge is 0.0991 e. The molecule has 0 aromatic carbocycles. The normalized spacial score (nSPS) is 32.4. The van der Waals surface area contributed by atoms with Gasteiger partial charge >= 0.3 is 0 Å². The minimum atomic E-state index is 0.243. The van der Waals surface area contributed by atoms with E-state index in [1.165, 1.54) is 0 Å². The van der Waals surface area contributed by atoms with Crippen molar-refractivity contribution in [1.29, 1.82) is 0 Å². The summed E-state index contributed by atoms with van der Waals surface area (Å²) in [6, 6.07) is 6.59. The van der Waals surface area contributed by atoms with Crippen molar-refractivity contribution in [1.82, 2.24) is 9.88 Å². The van der Waals surface area contributed by atoms with E-state index in [1.807, 2.05) is 18.3 Å². The molecule has 1 aromatic rings. The maximum Gasteiger partial charge on any atom is 0.0991 e. The molecule has 1 aliphatic carbocycles. The fourth-order valence-corrected chi connectivity index (χ4v) is 3.14. The summed E-state index contributed by atoms with van der Waals surface area (Å²) >= 11 is 0. The summed E-state index contributed by atoms with van der Waals surface area (Å²) < 4.78 is 11.4. The first-order valence-electron chi connectivity index (χ1n) is 6.67. The van der Waals surface area contributed by atoms with Gasteiger partial charge in [-0.05, 0) is 25.0 Å². The number of nitrogens with zero attached hydrogens (tertiary/aromatic N) is 2. The molecule has 0 amide bonds. The molecule has 4 nitrogen and oxygen atoms in total. The molecule has 18 heavy (non-hydrogen) atoms. The Morgan fingerprint density at radius 2 is 2.39 bits per heavy atom. The Morgan fingerprint density at radius 1 is 1.44 bits per heavy atom. The van der Waals surface area contributed by atoms with Crippen molar-refractivity contribution in [2.45, 2.75) is 37.6 Å². The molecule has 2 heterocycles. The maximum absolute atomic E-state index is 5.89. The lowest BCUT2D eigenvalue weighted by molar-refractivity contribution is -0.106. The Kier molecular flexibility index (Phi) is 3.59. The van der Waals surface area contributed by atoms with Gasteiger partial charge in [0.1, 0.15) is 0 Å². The highest BCUT2D eigenvalue weighted by molar-refractivity contribution is 5.05. The molecule has 1 aromatic heterocycles. The number of rotatable bonds is 3. The van der Waals surface area contributed by atoms with Crippen LogP contribution in [0.5, 0.6) is 0 Å². The third-order valence-corrected chi connectivity index (χ3v) is 4.04. The third-order valence-electron chi connectivity index (χ3n) is 4.04. The SMILES string of the molecule is CO[C@@H]1CC[C@H]2[C@H]1OCCN2Cc1ccccn1. The Morgan fingerprint density at radius 3 is 3.17 bits per heavy atom. The molecule has 0 N–H and O–H groups in total. The Labute approximate surface area is 108 Å². The van der Waals surface area contributed by atoms with Crippen LogP contribution in [0, 0.1) is 0 Å². The molecule has 98 valence electrons. The molecule has 1 saturated carbocycles. The van der Waals surface area contributed by atoms with E-state index >= 15 is 0 Å². The Bertz CT molecular complexity index is 385. The van der Waals surface area contributed by atoms with Crippen molar-refractivity contribution in [2.75, 3.05) is 20.3 Å². The van der Waals surface area contributed by atoms with Crippen LogP contribution in [0.15, 0.2) is 24.4 Å². The van der Waals surface area contributed by atoms with Gasteiger partial charge in [0.25, 0.3) is 0 Å². The Balaban J connectivity index is 1.69. The van der Waals surface area contributed by atoms with Gasteiger partial charge in [0, 0.05) is 32.4 Å². The summed E-state index contributed by atoms with van der Waals surface area (Å²) in [4.78, 5) is 6.91. The lowest BCUT2D eigenvalue weighted by atomic mass is 10.1. The second-order valence-electron chi connectivity index (χ2n) is 5.05. The molecule has 3 rings (SSSR count). The van der Waals surface area contributed by atoms with Crippen molar-refractivity contribution in [3.63, 3.8) is 0 Å². The molecule has 3 atom stereocenters. The lowest BCUT2D eigenvalue weighted by Gasteiger charge is -2.38. The number of aromatic nitrogens is 1. The summed E-state index contributed by atoms with van der Waals surface area (Å²) in [5.74, 6) is 0. The van der Waals surface area contributed by atoms with E-state index in [-0.39, 0.29) is 12.2 Å². The molecule has 0 radical (unpaired) electrons. The molecule has 0 spiro atoms. The van der Waals surface area contributed by atoms with Gasteiger partial charge in [-0.25, -0.2) is 0 Å². The first kappa shape index (κ1) is 12.1. The number of hydrogen-bond donors (Lipinski definition) is 0. The minimum Gasteiger partial charge on any atom is -0.379 e. The summed E-state index contributed by atoms with van der Waals surface area (Å²) in [5, 5.41) is 0. The van der Waals surface area contributed by atoms with Gasteiger partial charge in [-0.15, -0.1) is 0 Å². The zero-order chi connectivity index (χ0) is 12.4. The fraction of sp³-hybridized carbons (Fsp3) is 0.643. The summed E-state index contributed by atoms with van der Waals surface area (Å²) in [6.07, 6.45) is 4.63. The molecular formula is C14H20N2O2. The van der Waals surface area contributed by atoms with E-state index < -0.39 is 0 Å². The predicted octanol–water partition coefficient (Wildman–Crippen LogP) is 1.46. The highest BCUT2D eigenvalue weighted by Gasteiger charge is 2.42. The van der Waals surface area contributed by atoms with Crippen LogP contribution in [-0.2, 0) is 16.0 Å². The van der Waals surface area contributed by atoms with E-state index in [0.29, 0.717) is 6.04 Å². The second-order valence-corrected chi connectivity index (χ2v) is 5.05. The first-order valence-corrected chi connectivity index (χ1v) is 6.67. The van der Waals surface area contributed by atoms with Gasteiger partial charge in [0.15, 0.2) is 0 Å². The average molecular weight is 248 g/mol. The number of fused-ring (bicyclic) bond motifs is 1. The second kappa shape index (κ2) is 5.34. The van der Waals surface area contributed by atoms with Crippen LogP contribution >= 0.6 is 0 Å². The lowest BCUT2D eigenvalue weighted by Crippen LogP contribution is -2.51. The third kappa shape index (κ3) is 2.28. The number of methoxy groups -OCH3 is 1. The van der Waals surface area contributed by atoms with Crippen LogP contribution < -0.4 is 0 Å². The number of hydrogen-bond acceptors (Lipinski definition) is 4. The zero-order valence-electron chi connectivity index (χ0n) is 10.8. The van der Waals surface area contributed by atoms with E-state index in [1.54, 1.807) is 7.11 Å². The molecule has 2 aliphatic rings. The van der Waals surface area contributed by atoms with Crippen molar-refractivity contribution in [3.05, 3.63) is 30.1 Å². The highest BCUT2D eigenvalue weighted by Crippen LogP contribution is 2.32. The maximum atomic E-state index is 5.89. The predicted molar refractivity (Wildman–Crippen MR) is 68.2 cm³/mol. The molecule has 1 saturated heterocycles. The zero-order valence-corrected chi connectivity index (χ0v) is 10.8. The monoisotopic (exact) mass is 248 g/mol. The quantitative estimate of drug-likeness (QED) is 0.811. The van der Waals surface area contributed by atoms with Crippen LogP contribution in [0.2, 0.25) is 0 Å². The van der Waals surface area contributed by atoms with Crippen molar-refractivity contribution in [3.8, 4) is 0 Å². The molecular weight excluding hydrogens is 228 g/mol.